The van der Waals surface area contributed by atoms with Crippen LogP contribution in [0.15, 0.2) is 18.2 Å². The molecule has 0 heterocycles. The summed E-state index contributed by atoms with van der Waals surface area (Å²) in [5.74, 6) is 0. The van der Waals surface area contributed by atoms with Gasteiger partial charge in [-0.1, -0.05) is 6.92 Å². The lowest BCUT2D eigenvalue weighted by atomic mass is 10.2. The van der Waals surface area contributed by atoms with Crippen molar-refractivity contribution in [2.75, 3.05) is 11.9 Å². The quantitative estimate of drug-likeness (QED) is 0.492. The van der Waals surface area contributed by atoms with Gasteiger partial charge < -0.3 is 10.4 Å². The summed E-state index contributed by atoms with van der Waals surface area (Å²) in [5.41, 5.74) is 0.879. The number of benzene rings is 1. The van der Waals surface area contributed by atoms with E-state index in [1.807, 2.05) is 29.5 Å². The second-order valence-corrected chi connectivity index (χ2v) is 4.53. The van der Waals surface area contributed by atoms with E-state index < -0.39 is 11.0 Å². The van der Waals surface area contributed by atoms with Crippen molar-refractivity contribution in [1.29, 1.82) is 0 Å². The average molecular weight is 336 g/mol. The predicted octanol–water partition coefficient (Wildman–Crippen LogP) is 2.38. The fraction of sp³-hybridized carbons (Fsp3) is 0.400. The fourth-order valence-corrected chi connectivity index (χ4v) is 1.82. The number of nitro benzene ring substituents is 1. The van der Waals surface area contributed by atoms with Crippen LogP contribution in [-0.4, -0.2) is 22.7 Å². The predicted molar refractivity (Wildman–Crippen MR) is 70.6 cm³/mol. The Morgan fingerprint density at radius 1 is 1.62 bits per heavy atom. The zero-order valence-corrected chi connectivity index (χ0v) is 11.0. The molecular formula is C10H13IN2O3. The summed E-state index contributed by atoms with van der Waals surface area (Å²) in [6.45, 7) is 2.34. The molecule has 16 heavy (non-hydrogen) atoms. The minimum Gasteiger partial charge on any atom is -0.391 e. The number of aliphatic hydroxyl groups is 1. The van der Waals surface area contributed by atoms with Crippen LogP contribution in [0, 0.1) is 13.7 Å². The zero-order valence-electron chi connectivity index (χ0n) is 8.81. The smallest absolute Gasteiger partial charge is 0.270 e. The lowest BCUT2D eigenvalue weighted by Crippen LogP contribution is -2.18. The molecule has 1 aromatic rings. The number of aliphatic hydroxyl groups excluding tert-OH is 1. The molecule has 0 aliphatic carbocycles. The van der Waals surface area contributed by atoms with Gasteiger partial charge >= 0.3 is 0 Å². The Hall–Kier alpha value is -0.890. The van der Waals surface area contributed by atoms with Crippen LogP contribution in [0.2, 0.25) is 0 Å². The molecule has 5 nitrogen and oxygen atoms in total. The molecule has 2 N–H and O–H groups in total. The number of anilines is 1. The maximum absolute atomic E-state index is 10.5. The first-order chi connectivity index (χ1) is 7.54. The second kappa shape index (κ2) is 6.00. The van der Waals surface area contributed by atoms with E-state index in [4.69, 9.17) is 0 Å². The number of nitrogens with one attached hydrogen (secondary N) is 1. The van der Waals surface area contributed by atoms with Crippen molar-refractivity contribution in [2.24, 2.45) is 0 Å². The highest BCUT2D eigenvalue weighted by atomic mass is 127. The lowest BCUT2D eigenvalue weighted by molar-refractivity contribution is -0.384. The summed E-state index contributed by atoms with van der Waals surface area (Å²) in [6.07, 6.45) is 0.280. The fourth-order valence-electron chi connectivity index (χ4n) is 1.13. The number of hydrogen-bond donors (Lipinski definition) is 2. The van der Waals surface area contributed by atoms with E-state index in [0.717, 1.165) is 9.26 Å². The Bertz CT molecular complexity index is 384. The molecule has 0 aliphatic heterocycles. The number of non-ortho nitro benzene ring substituents is 1. The van der Waals surface area contributed by atoms with Gasteiger partial charge in [-0.05, 0) is 35.1 Å². The van der Waals surface area contributed by atoms with Crippen LogP contribution in [0.1, 0.15) is 13.3 Å². The molecule has 0 radical (unpaired) electrons. The average Bonchev–Trinajstić information content (AvgIpc) is 2.26. The van der Waals surface area contributed by atoms with E-state index in [2.05, 4.69) is 5.32 Å². The molecule has 1 rings (SSSR count). The first-order valence-electron chi connectivity index (χ1n) is 4.90. The normalized spacial score (nSPS) is 12.2. The minimum atomic E-state index is -0.424. The number of nitrogens with zero attached hydrogens (tertiary/aromatic N) is 1. The number of hydrogen-bond acceptors (Lipinski definition) is 4. The minimum absolute atomic E-state index is 0.0750. The second-order valence-electron chi connectivity index (χ2n) is 3.36. The van der Waals surface area contributed by atoms with Gasteiger partial charge in [0.1, 0.15) is 0 Å². The molecule has 0 spiro atoms. The summed E-state index contributed by atoms with van der Waals surface area (Å²) in [5, 5.41) is 22.9. The van der Waals surface area contributed by atoms with E-state index in [1.165, 1.54) is 12.1 Å². The van der Waals surface area contributed by atoms with Crippen molar-refractivity contribution >= 4 is 34.0 Å². The van der Waals surface area contributed by atoms with Crippen LogP contribution in [0.25, 0.3) is 0 Å². The van der Waals surface area contributed by atoms with Gasteiger partial charge in [-0.2, -0.15) is 0 Å². The molecule has 0 bridgehead atoms. The van der Waals surface area contributed by atoms with Crippen LogP contribution < -0.4 is 5.32 Å². The van der Waals surface area contributed by atoms with Crippen molar-refractivity contribution in [1.82, 2.24) is 0 Å². The summed E-state index contributed by atoms with van der Waals surface area (Å²) < 4.78 is 0.773. The Morgan fingerprint density at radius 2 is 2.31 bits per heavy atom. The van der Waals surface area contributed by atoms with Crippen molar-refractivity contribution in [2.45, 2.75) is 19.4 Å². The summed E-state index contributed by atoms with van der Waals surface area (Å²) in [6, 6.07) is 4.60. The van der Waals surface area contributed by atoms with Gasteiger partial charge in [-0.25, -0.2) is 0 Å². The van der Waals surface area contributed by atoms with Crippen LogP contribution >= 0.6 is 22.6 Å². The van der Waals surface area contributed by atoms with Gasteiger partial charge in [-0.15, -0.1) is 0 Å². The first kappa shape index (κ1) is 13.2. The summed E-state index contributed by atoms with van der Waals surface area (Å²) >= 11 is 2.03. The van der Waals surface area contributed by atoms with Gasteiger partial charge in [0.15, 0.2) is 0 Å². The van der Waals surface area contributed by atoms with E-state index in [1.54, 1.807) is 6.07 Å². The molecule has 0 aromatic heterocycles. The lowest BCUT2D eigenvalue weighted by Gasteiger charge is -2.11. The highest BCUT2D eigenvalue weighted by Gasteiger charge is 2.09. The van der Waals surface area contributed by atoms with Gasteiger partial charge in [0.2, 0.25) is 0 Å². The molecule has 1 atom stereocenters. The first-order valence-corrected chi connectivity index (χ1v) is 5.98. The van der Waals surface area contributed by atoms with E-state index >= 15 is 0 Å². The van der Waals surface area contributed by atoms with Crippen molar-refractivity contribution in [3.05, 3.63) is 31.9 Å². The molecule has 88 valence electrons. The van der Waals surface area contributed by atoms with Crippen LogP contribution in [0.4, 0.5) is 11.4 Å². The molecule has 1 aromatic carbocycles. The Labute approximate surface area is 107 Å². The number of halogens is 1. The Balaban J connectivity index is 2.72. The maximum atomic E-state index is 10.5. The molecule has 0 amide bonds. The monoisotopic (exact) mass is 336 g/mol. The third kappa shape index (κ3) is 3.60. The van der Waals surface area contributed by atoms with Crippen LogP contribution in [0.5, 0.6) is 0 Å². The molecule has 0 saturated carbocycles. The van der Waals surface area contributed by atoms with Gasteiger partial charge in [-0.3, -0.25) is 10.1 Å². The van der Waals surface area contributed by atoms with Crippen molar-refractivity contribution in [3.8, 4) is 0 Å². The zero-order chi connectivity index (χ0) is 12.1. The Morgan fingerprint density at radius 3 is 2.81 bits per heavy atom. The van der Waals surface area contributed by atoms with Gasteiger partial charge in [0, 0.05) is 27.9 Å². The van der Waals surface area contributed by atoms with E-state index in [9.17, 15) is 15.2 Å². The maximum Gasteiger partial charge on any atom is 0.270 e. The largest absolute Gasteiger partial charge is 0.391 e. The SMILES string of the molecule is CCC(O)CNc1ccc([N+](=O)[O-])cc1I. The van der Waals surface area contributed by atoms with Crippen LogP contribution in [-0.2, 0) is 0 Å². The molecule has 6 heteroatoms. The molecule has 1 unspecified atom stereocenters. The summed E-state index contributed by atoms with van der Waals surface area (Å²) in [4.78, 5) is 10.1. The standard InChI is InChI=1S/C10H13IN2O3/c1-2-8(14)6-12-10-4-3-7(13(15)16)5-9(10)11/h3-5,8,12,14H,2,6H2,1H3. The van der Waals surface area contributed by atoms with Gasteiger partial charge in [0.05, 0.1) is 11.0 Å². The van der Waals surface area contributed by atoms with Crippen molar-refractivity contribution < 1.29 is 10.0 Å². The number of rotatable bonds is 5. The highest BCUT2D eigenvalue weighted by Crippen LogP contribution is 2.23. The molecular weight excluding hydrogens is 323 g/mol. The van der Waals surface area contributed by atoms with Gasteiger partial charge in [0.25, 0.3) is 5.69 Å². The third-order valence-electron chi connectivity index (χ3n) is 2.16. The van der Waals surface area contributed by atoms with E-state index in [0.29, 0.717) is 13.0 Å². The topological polar surface area (TPSA) is 75.4 Å². The highest BCUT2D eigenvalue weighted by molar-refractivity contribution is 14.1. The van der Waals surface area contributed by atoms with Crippen LogP contribution in [0.3, 0.4) is 0 Å². The Kier molecular flexibility index (Phi) is 4.94. The summed E-state index contributed by atoms with van der Waals surface area (Å²) in [7, 11) is 0. The molecule has 0 aliphatic rings. The number of nitro groups is 1. The molecule has 0 fully saturated rings. The van der Waals surface area contributed by atoms with E-state index in [-0.39, 0.29) is 5.69 Å². The third-order valence-corrected chi connectivity index (χ3v) is 3.06. The molecule has 0 saturated heterocycles. The van der Waals surface area contributed by atoms with Crippen molar-refractivity contribution in [3.63, 3.8) is 0 Å².